The van der Waals surface area contributed by atoms with E-state index in [0.29, 0.717) is 13.1 Å². The first-order chi connectivity index (χ1) is 7.63. The second-order valence-electron chi connectivity index (χ2n) is 3.17. The molecule has 0 radical (unpaired) electrons. The van der Waals surface area contributed by atoms with Crippen LogP contribution in [0.1, 0.15) is 25.0 Å². The van der Waals surface area contributed by atoms with Crippen LogP contribution in [0.2, 0.25) is 0 Å². The molecule has 1 aromatic rings. The first-order valence-electron chi connectivity index (χ1n) is 5.06. The van der Waals surface area contributed by atoms with Crippen LogP contribution in [0.5, 0.6) is 0 Å². The number of benzene rings is 1. The Kier molecular flexibility index (Phi) is 7.71. The highest BCUT2D eigenvalue weighted by Gasteiger charge is 1.94. The van der Waals surface area contributed by atoms with Crippen LogP contribution in [-0.4, -0.2) is 12.2 Å². The normalized spacial score (nSPS) is 8.69. The average molecular weight is 222 g/mol. The summed E-state index contributed by atoms with van der Waals surface area (Å²) in [6.07, 6.45) is 0.750. The van der Waals surface area contributed by atoms with Crippen molar-refractivity contribution in [1.82, 2.24) is 5.32 Å². The van der Waals surface area contributed by atoms with Crippen LogP contribution in [0.15, 0.2) is 24.3 Å². The summed E-state index contributed by atoms with van der Waals surface area (Å²) in [5, 5.41) is 2.73. The van der Waals surface area contributed by atoms with Crippen molar-refractivity contribution in [3.8, 4) is 0 Å². The van der Waals surface area contributed by atoms with Crippen molar-refractivity contribution in [2.45, 2.75) is 26.9 Å². The van der Waals surface area contributed by atoms with Gasteiger partial charge in [-0.25, -0.2) is 0 Å². The van der Waals surface area contributed by atoms with Crippen LogP contribution in [-0.2, 0) is 22.7 Å². The molecule has 1 amide bonds. The first kappa shape index (κ1) is 14.3. The predicted octanol–water partition coefficient (Wildman–Crippen LogP) is 0.987. The fourth-order valence-corrected chi connectivity index (χ4v) is 1.02. The Hall–Kier alpha value is -1.68. The van der Waals surface area contributed by atoms with Gasteiger partial charge in [-0.3, -0.25) is 4.79 Å². The smallest absolute Gasteiger partial charge is 0.217 e. The Morgan fingerprint density at radius 1 is 1.31 bits per heavy atom. The third-order valence-corrected chi connectivity index (χ3v) is 1.80. The van der Waals surface area contributed by atoms with Crippen LogP contribution in [0.25, 0.3) is 0 Å². The highest BCUT2D eigenvalue weighted by atomic mass is 16.1. The summed E-state index contributed by atoms with van der Waals surface area (Å²) in [5.74, 6) is -0.0112. The summed E-state index contributed by atoms with van der Waals surface area (Å²) < 4.78 is 0. The number of carbonyl (C=O) groups is 2. The minimum absolute atomic E-state index is 0.0112. The fraction of sp³-hybridized carbons (Fsp3) is 0.333. The van der Waals surface area contributed by atoms with Crippen molar-refractivity contribution in [1.29, 1.82) is 0 Å². The molecule has 0 bridgehead atoms. The van der Waals surface area contributed by atoms with Gasteiger partial charge in [0, 0.05) is 20.0 Å². The van der Waals surface area contributed by atoms with E-state index in [1.165, 1.54) is 13.8 Å². The monoisotopic (exact) mass is 222 g/mol. The largest absolute Gasteiger partial charge is 0.352 e. The lowest BCUT2D eigenvalue weighted by atomic mass is 10.1. The standard InChI is InChI=1S/C10H14N2O.C2H4O/c1-8(13)12-7-10-4-2-9(6-11)3-5-10;1-2-3/h2-5H,6-7,11H2,1H3,(H,12,13);2H,1H3. The van der Waals surface area contributed by atoms with Crippen molar-refractivity contribution in [3.05, 3.63) is 35.4 Å². The molecule has 1 aromatic carbocycles. The van der Waals surface area contributed by atoms with Crippen molar-refractivity contribution in [3.63, 3.8) is 0 Å². The second kappa shape index (κ2) is 8.61. The van der Waals surface area contributed by atoms with Gasteiger partial charge in [0.05, 0.1) is 0 Å². The molecule has 0 saturated carbocycles. The van der Waals surface area contributed by atoms with Gasteiger partial charge >= 0.3 is 0 Å². The lowest BCUT2D eigenvalue weighted by molar-refractivity contribution is -0.119. The first-order valence-corrected chi connectivity index (χ1v) is 5.06. The van der Waals surface area contributed by atoms with E-state index in [-0.39, 0.29) is 5.91 Å². The second-order valence-corrected chi connectivity index (χ2v) is 3.17. The van der Waals surface area contributed by atoms with E-state index in [2.05, 4.69) is 5.32 Å². The van der Waals surface area contributed by atoms with Gasteiger partial charge in [-0.1, -0.05) is 24.3 Å². The Labute approximate surface area is 95.8 Å². The van der Waals surface area contributed by atoms with E-state index in [1.807, 2.05) is 24.3 Å². The molecule has 88 valence electrons. The van der Waals surface area contributed by atoms with Crippen molar-refractivity contribution >= 4 is 12.2 Å². The number of amides is 1. The molecule has 3 N–H and O–H groups in total. The fourth-order valence-electron chi connectivity index (χ4n) is 1.02. The number of nitrogens with two attached hydrogens (primary N) is 1. The quantitative estimate of drug-likeness (QED) is 0.749. The van der Waals surface area contributed by atoms with Crippen LogP contribution >= 0.6 is 0 Å². The van der Waals surface area contributed by atoms with Crippen LogP contribution in [0.4, 0.5) is 0 Å². The van der Waals surface area contributed by atoms with E-state index < -0.39 is 0 Å². The van der Waals surface area contributed by atoms with Gasteiger partial charge in [-0.2, -0.15) is 0 Å². The molecule has 4 nitrogen and oxygen atoms in total. The Morgan fingerprint density at radius 3 is 2.12 bits per heavy atom. The summed E-state index contributed by atoms with van der Waals surface area (Å²) in [6.45, 7) is 4.09. The molecule has 0 heterocycles. The zero-order chi connectivity index (χ0) is 12.4. The average Bonchev–Trinajstić information content (AvgIpc) is 2.28. The third kappa shape index (κ3) is 6.73. The van der Waals surface area contributed by atoms with Gasteiger partial charge in [0.1, 0.15) is 6.29 Å². The molecule has 0 saturated heterocycles. The highest BCUT2D eigenvalue weighted by Crippen LogP contribution is 2.02. The number of hydrogen-bond acceptors (Lipinski definition) is 3. The van der Waals surface area contributed by atoms with Crippen molar-refractivity contribution < 1.29 is 9.59 Å². The number of rotatable bonds is 3. The molecule has 0 spiro atoms. The molecular weight excluding hydrogens is 204 g/mol. The summed E-state index contributed by atoms with van der Waals surface area (Å²) in [5.41, 5.74) is 7.65. The molecule has 4 heteroatoms. The summed E-state index contributed by atoms with van der Waals surface area (Å²) in [4.78, 5) is 19.4. The maximum atomic E-state index is 10.6. The zero-order valence-electron chi connectivity index (χ0n) is 9.69. The van der Waals surface area contributed by atoms with E-state index in [0.717, 1.165) is 17.4 Å². The molecule has 0 aromatic heterocycles. The number of aldehydes is 1. The molecular formula is C12H18N2O2. The zero-order valence-corrected chi connectivity index (χ0v) is 9.69. The predicted molar refractivity (Wildman–Crippen MR) is 63.6 cm³/mol. The summed E-state index contributed by atoms with van der Waals surface area (Å²) >= 11 is 0. The van der Waals surface area contributed by atoms with Gasteiger partial charge in [0.15, 0.2) is 0 Å². The maximum Gasteiger partial charge on any atom is 0.217 e. The molecule has 0 aliphatic carbocycles. The maximum absolute atomic E-state index is 10.6. The van der Waals surface area contributed by atoms with Crippen LogP contribution in [0.3, 0.4) is 0 Å². The summed E-state index contributed by atoms with van der Waals surface area (Å²) in [6, 6.07) is 7.88. The van der Waals surface area contributed by atoms with Crippen molar-refractivity contribution in [2.24, 2.45) is 5.73 Å². The summed E-state index contributed by atoms with van der Waals surface area (Å²) in [7, 11) is 0. The van der Waals surface area contributed by atoms with Gasteiger partial charge < -0.3 is 15.8 Å². The van der Waals surface area contributed by atoms with Gasteiger partial charge in [-0.05, 0) is 18.1 Å². The topological polar surface area (TPSA) is 72.2 Å². The Morgan fingerprint density at radius 2 is 1.75 bits per heavy atom. The molecule has 0 unspecified atom stereocenters. The van der Waals surface area contributed by atoms with E-state index >= 15 is 0 Å². The minimum Gasteiger partial charge on any atom is -0.352 e. The number of nitrogens with one attached hydrogen (secondary N) is 1. The molecule has 1 rings (SSSR count). The Bertz CT molecular complexity index is 320. The Balaban J connectivity index is 0.000000673. The number of carbonyl (C=O) groups excluding carboxylic acids is 2. The van der Waals surface area contributed by atoms with Gasteiger partial charge in [0.25, 0.3) is 0 Å². The van der Waals surface area contributed by atoms with Crippen molar-refractivity contribution in [2.75, 3.05) is 0 Å². The number of hydrogen-bond donors (Lipinski definition) is 2. The molecule has 16 heavy (non-hydrogen) atoms. The van der Waals surface area contributed by atoms with Gasteiger partial charge in [0.2, 0.25) is 5.91 Å². The van der Waals surface area contributed by atoms with E-state index in [9.17, 15) is 4.79 Å². The molecule has 0 fully saturated rings. The lowest BCUT2D eigenvalue weighted by Crippen LogP contribution is -2.18. The van der Waals surface area contributed by atoms with E-state index in [4.69, 9.17) is 10.5 Å². The van der Waals surface area contributed by atoms with E-state index in [1.54, 1.807) is 0 Å². The molecule has 0 aliphatic rings. The van der Waals surface area contributed by atoms with Crippen LogP contribution < -0.4 is 11.1 Å². The SMILES string of the molecule is CC(=O)NCc1ccc(CN)cc1.CC=O. The molecule has 0 atom stereocenters. The third-order valence-electron chi connectivity index (χ3n) is 1.80. The molecule has 0 aliphatic heterocycles. The van der Waals surface area contributed by atoms with Crippen LogP contribution in [0, 0.1) is 0 Å². The highest BCUT2D eigenvalue weighted by molar-refractivity contribution is 5.72. The van der Waals surface area contributed by atoms with Gasteiger partial charge in [-0.15, -0.1) is 0 Å². The minimum atomic E-state index is -0.0112. The lowest BCUT2D eigenvalue weighted by Gasteiger charge is -2.02.